The summed E-state index contributed by atoms with van der Waals surface area (Å²) in [6, 6.07) is 19.0. The number of nitrogens with zero attached hydrogens (tertiary/aromatic N) is 2. The molecular weight excluding hydrogens is 490 g/mol. The summed E-state index contributed by atoms with van der Waals surface area (Å²) in [4.78, 5) is 20.5. The summed E-state index contributed by atoms with van der Waals surface area (Å²) in [5.74, 6) is 0.148. The van der Waals surface area contributed by atoms with Gasteiger partial charge in [0.05, 0.1) is 28.2 Å². The zero-order valence-corrected chi connectivity index (χ0v) is 21.5. The molecule has 9 nitrogen and oxygen atoms in total. The van der Waals surface area contributed by atoms with E-state index in [-0.39, 0.29) is 17.3 Å². The van der Waals surface area contributed by atoms with Gasteiger partial charge in [-0.15, -0.1) is 0 Å². The zero-order valence-electron chi connectivity index (χ0n) is 20.7. The van der Waals surface area contributed by atoms with Crippen molar-refractivity contribution in [3.05, 3.63) is 89.2 Å². The summed E-state index contributed by atoms with van der Waals surface area (Å²) < 4.78 is 33.3. The Balaban J connectivity index is 1.65. The molecule has 0 spiro atoms. The molecule has 1 aromatic heterocycles. The SMILES string of the molecule is CCOC(=O)CN(c1ccc2[nH]c(CCc3ccc(C(=N)N)cc3)nc2c1C)S(=O)(=O)c1ccccc1. The summed E-state index contributed by atoms with van der Waals surface area (Å²) in [6.07, 6.45) is 1.36. The van der Waals surface area contributed by atoms with Crippen molar-refractivity contribution in [3.63, 3.8) is 0 Å². The van der Waals surface area contributed by atoms with E-state index in [1.807, 2.05) is 24.3 Å². The van der Waals surface area contributed by atoms with Crippen LogP contribution >= 0.6 is 0 Å². The smallest absolute Gasteiger partial charge is 0.326 e. The van der Waals surface area contributed by atoms with E-state index >= 15 is 0 Å². The quantitative estimate of drug-likeness (QED) is 0.166. The molecule has 0 aliphatic rings. The number of nitrogens with two attached hydrogens (primary N) is 1. The number of nitrogens with one attached hydrogen (secondary N) is 2. The predicted molar refractivity (Wildman–Crippen MR) is 143 cm³/mol. The second-order valence-electron chi connectivity index (χ2n) is 8.53. The molecule has 0 bridgehead atoms. The molecule has 0 unspecified atom stereocenters. The van der Waals surface area contributed by atoms with Crippen LogP contribution in [0.2, 0.25) is 0 Å². The topological polar surface area (TPSA) is 142 Å². The molecule has 0 fully saturated rings. The Bertz CT molecular complexity index is 1530. The number of esters is 1. The first-order valence-corrected chi connectivity index (χ1v) is 13.3. The van der Waals surface area contributed by atoms with Crippen LogP contribution in [0.15, 0.2) is 71.6 Å². The zero-order chi connectivity index (χ0) is 26.6. The number of carbonyl (C=O) groups excluding carboxylic acids is 1. The fourth-order valence-electron chi connectivity index (χ4n) is 4.10. The van der Waals surface area contributed by atoms with Gasteiger partial charge in [-0.1, -0.05) is 42.5 Å². The first-order chi connectivity index (χ1) is 17.7. The number of carbonyl (C=O) groups is 1. The van der Waals surface area contributed by atoms with E-state index in [9.17, 15) is 13.2 Å². The molecule has 0 aliphatic heterocycles. The van der Waals surface area contributed by atoms with E-state index < -0.39 is 22.5 Å². The van der Waals surface area contributed by atoms with Gasteiger partial charge in [0.2, 0.25) is 0 Å². The van der Waals surface area contributed by atoms with Gasteiger partial charge >= 0.3 is 5.97 Å². The molecule has 0 aliphatic carbocycles. The standard InChI is InChI=1S/C27H29N5O4S/c1-3-36-25(33)17-32(37(34,35)21-7-5-4-6-8-21)23-15-14-22-26(18(23)2)31-24(30-22)16-11-19-9-12-20(13-10-19)27(28)29/h4-10,12-15H,3,11,16-17H2,1-2H3,(H3,28,29)(H,30,31). The first kappa shape index (κ1) is 25.9. The number of imidazole rings is 1. The monoisotopic (exact) mass is 519 g/mol. The van der Waals surface area contributed by atoms with Gasteiger partial charge in [0.25, 0.3) is 10.0 Å². The van der Waals surface area contributed by atoms with Gasteiger partial charge < -0.3 is 15.5 Å². The first-order valence-electron chi connectivity index (χ1n) is 11.9. The molecule has 192 valence electrons. The van der Waals surface area contributed by atoms with Crippen LogP contribution in [0.25, 0.3) is 11.0 Å². The Morgan fingerprint density at radius 3 is 2.41 bits per heavy atom. The molecule has 37 heavy (non-hydrogen) atoms. The van der Waals surface area contributed by atoms with Gasteiger partial charge in [-0.2, -0.15) is 0 Å². The number of benzene rings is 3. The molecule has 1 heterocycles. The van der Waals surface area contributed by atoms with Crippen molar-refractivity contribution in [2.24, 2.45) is 5.73 Å². The molecule has 4 aromatic rings. The maximum Gasteiger partial charge on any atom is 0.326 e. The lowest BCUT2D eigenvalue weighted by Gasteiger charge is -2.25. The highest BCUT2D eigenvalue weighted by molar-refractivity contribution is 7.92. The molecule has 0 amide bonds. The lowest BCUT2D eigenvalue weighted by Crippen LogP contribution is -2.37. The highest BCUT2D eigenvalue weighted by Crippen LogP contribution is 2.31. The Morgan fingerprint density at radius 1 is 1.05 bits per heavy atom. The number of rotatable bonds is 10. The number of fused-ring (bicyclic) bond motifs is 1. The normalized spacial score (nSPS) is 11.4. The summed E-state index contributed by atoms with van der Waals surface area (Å²) in [7, 11) is -4.04. The van der Waals surface area contributed by atoms with E-state index in [1.54, 1.807) is 44.2 Å². The van der Waals surface area contributed by atoms with Gasteiger partial charge in [0, 0.05) is 17.5 Å². The highest BCUT2D eigenvalue weighted by atomic mass is 32.2. The maximum atomic E-state index is 13.6. The average molecular weight is 520 g/mol. The number of hydrogen-bond acceptors (Lipinski definition) is 6. The van der Waals surface area contributed by atoms with Crippen molar-refractivity contribution >= 4 is 38.5 Å². The minimum atomic E-state index is -4.04. The van der Waals surface area contributed by atoms with E-state index in [0.717, 1.165) is 27.6 Å². The molecule has 0 atom stereocenters. The van der Waals surface area contributed by atoms with Crippen molar-refractivity contribution in [2.75, 3.05) is 17.5 Å². The van der Waals surface area contributed by atoms with Crippen molar-refractivity contribution in [2.45, 2.75) is 31.6 Å². The molecule has 10 heteroatoms. The largest absolute Gasteiger partial charge is 0.465 e. The fraction of sp³-hybridized carbons (Fsp3) is 0.222. The molecule has 0 saturated heterocycles. The number of anilines is 1. The number of ether oxygens (including phenoxy) is 1. The number of H-pyrrole nitrogens is 1. The minimum Gasteiger partial charge on any atom is -0.465 e. The van der Waals surface area contributed by atoms with Gasteiger partial charge in [-0.3, -0.25) is 14.5 Å². The van der Waals surface area contributed by atoms with Crippen LogP contribution in [0.4, 0.5) is 5.69 Å². The Labute approximate surface area is 215 Å². The Morgan fingerprint density at radius 2 is 1.76 bits per heavy atom. The number of aromatic nitrogens is 2. The van der Waals surface area contributed by atoms with Gasteiger partial charge in [0.1, 0.15) is 18.2 Å². The number of amidine groups is 1. The molecule has 4 N–H and O–H groups in total. The van der Waals surface area contributed by atoms with E-state index in [1.165, 1.54) is 12.1 Å². The van der Waals surface area contributed by atoms with Gasteiger partial charge in [-0.05, 0) is 50.1 Å². The van der Waals surface area contributed by atoms with Crippen molar-refractivity contribution in [3.8, 4) is 0 Å². The van der Waals surface area contributed by atoms with Gasteiger partial charge in [0.15, 0.2) is 0 Å². The van der Waals surface area contributed by atoms with Crippen LogP contribution in [0.1, 0.15) is 29.4 Å². The van der Waals surface area contributed by atoms with Crippen molar-refractivity contribution in [1.82, 2.24) is 9.97 Å². The molecule has 0 radical (unpaired) electrons. The number of nitrogen functional groups attached to an aromatic ring is 1. The third-order valence-corrected chi connectivity index (χ3v) is 7.80. The summed E-state index contributed by atoms with van der Waals surface area (Å²) in [6.45, 7) is 3.16. The maximum absolute atomic E-state index is 13.6. The third-order valence-electron chi connectivity index (χ3n) is 6.02. The lowest BCUT2D eigenvalue weighted by molar-refractivity contribution is -0.141. The second-order valence-corrected chi connectivity index (χ2v) is 10.4. The van der Waals surface area contributed by atoms with Crippen LogP contribution in [0.5, 0.6) is 0 Å². The van der Waals surface area contributed by atoms with Crippen molar-refractivity contribution in [1.29, 1.82) is 5.41 Å². The minimum absolute atomic E-state index is 0.0291. The van der Waals surface area contributed by atoms with Crippen LogP contribution in [-0.4, -0.2) is 43.3 Å². The summed E-state index contributed by atoms with van der Waals surface area (Å²) >= 11 is 0. The number of aromatic amines is 1. The van der Waals surface area contributed by atoms with Crippen LogP contribution in [-0.2, 0) is 32.4 Å². The predicted octanol–water partition coefficient (Wildman–Crippen LogP) is 3.70. The summed E-state index contributed by atoms with van der Waals surface area (Å²) in [5, 5.41) is 7.51. The van der Waals surface area contributed by atoms with E-state index in [0.29, 0.717) is 28.8 Å². The van der Waals surface area contributed by atoms with Crippen LogP contribution in [0.3, 0.4) is 0 Å². The number of sulfonamides is 1. The summed E-state index contributed by atoms with van der Waals surface area (Å²) in [5.41, 5.74) is 9.69. The Kier molecular flexibility index (Phi) is 7.58. The lowest BCUT2D eigenvalue weighted by atomic mass is 10.1. The highest BCUT2D eigenvalue weighted by Gasteiger charge is 2.29. The third kappa shape index (κ3) is 5.64. The number of aryl methyl sites for hydroxylation is 3. The second kappa shape index (κ2) is 10.8. The molecule has 3 aromatic carbocycles. The van der Waals surface area contributed by atoms with Crippen LogP contribution in [0, 0.1) is 12.3 Å². The number of hydrogen-bond donors (Lipinski definition) is 3. The average Bonchev–Trinajstić information content (AvgIpc) is 3.32. The van der Waals surface area contributed by atoms with E-state index in [2.05, 4.69) is 4.98 Å². The van der Waals surface area contributed by atoms with Crippen molar-refractivity contribution < 1.29 is 17.9 Å². The Hall–Kier alpha value is -4.18. The molecular formula is C27H29N5O4S. The van der Waals surface area contributed by atoms with Gasteiger partial charge in [-0.25, -0.2) is 13.4 Å². The molecule has 0 saturated carbocycles. The molecule has 4 rings (SSSR count). The fourth-order valence-corrected chi connectivity index (χ4v) is 5.59. The van der Waals surface area contributed by atoms with Crippen LogP contribution < -0.4 is 10.0 Å². The van der Waals surface area contributed by atoms with E-state index in [4.69, 9.17) is 20.9 Å².